The largest absolute Gasteiger partial charge is 0.367 e. The molecule has 2 aromatic heterocycles. The Labute approximate surface area is 118 Å². The lowest BCUT2D eigenvalue weighted by Gasteiger charge is -2.26. The number of nitrogens with zero attached hydrogens (tertiary/aromatic N) is 4. The monoisotopic (exact) mass is 264 g/mol. The van der Waals surface area contributed by atoms with Gasteiger partial charge in [0.15, 0.2) is 5.65 Å². The van der Waals surface area contributed by atoms with Gasteiger partial charge in [-0.3, -0.25) is 4.57 Å². The highest BCUT2D eigenvalue weighted by Crippen LogP contribution is 2.28. The summed E-state index contributed by atoms with van der Waals surface area (Å²) in [4.78, 5) is 11.2. The quantitative estimate of drug-likeness (QED) is 0.799. The van der Waals surface area contributed by atoms with E-state index in [0.29, 0.717) is 0 Å². The lowest BCUT2D eigenvalue weighted by molar-refractivity contribution is 0.374. The van der Waals surface area contributed by atoms with Crippen molar-refractivity contribution in [3.8, 4) is 0 Å². The van der Waals surface area contributed by atoms with Gasteiger partial charge in [0, 0.05) is 18.9 Å². The van der Waals surface area contributed by atoms with Crippen LogP contribution in [0.1, 0.15) is 11.9 Å². The van der Waals surface area contributed by atoms with Crippen molar-refractivity contribution in [2.24, 2.45) is 0 Å². The van der Waals surface area contributed by atoms with Crippen LogP contribution in [0.25, 0.3) is 16.9 Å². The molecule has 0 N–H and O–H groups in total. The van der Waals surface area contributed by atoms with Crippen molar-refractivity contribution in [2.75, 3.05) is 7.05 Å². The third-order valence-electron chi connectivity index (χ3n) is 3.39. The zero-order valence-corrected chi connectivity index (χ0v) is 11.4. The van der Waals surface area contributed by atoms with Crippen LogP contribution < -0.4 is 0 Å². The molecule has 3 rings (SSSR count). The summed E-state index contributed by atoms with van der Waals surface area (Å²) >= 11 is 0. The van der Waals surface area contributed by atoms with Crippen LogP contribution in [-0.2, 0) is 0 Å². The van der Waals surface area contributed by atoms with Gasteiger partial charge in [-0.1, -0.05) is 25.3 Å². The number of imidazole rings is 1. The average molecular weight is 264 g/mol. The Kier molecular flexibility index (Phi) is 2.99. The van der Waals surface area contributed by atoms with E-state index in [1.165, 1.54) is 0 Å². The first-order valence-electron chi connectivity index (χ1n) is 6.44. The third kappa shape index (κ3) is 1.86. The van der Waals surface area contributed by atoms with Crippen molar-refractivity contribution in [1.82, 2.24) is 19.4 Å². The first-order valence-corrected chi connectivity index (χ1v) is 6.44. The normalized spacial score (nSPS) is 17.6. The van der Waals surface area contributed by atoms with Crippen LogP contribution in [-0.4, -0.2) is 26.5 Å². The number of likely N-dealkylation sites (N-methyl/N-ethyl adjacent to an activating group) is 1. The van der Waals surface area contributed by atoms with Gasteiger partial charge in [-0.15, -0.1) is 0 Å². The van der Waals surface area contributed by atoms with E-state index in [-0.39, 0.29) is 6.04 Å². The minimum absolute atomic E-state index is 0.0610. The van der Waals surface area contributed by atoms with Crippen LogP contribution in [0.5, 0.6) is 0 Å². The van der Waals surface area contributed by atoms with Crippen molar-refractivity contribution in [1.29, 1.82) is 0 Å². The van der Waals surface area contributed by atoms with Crippen LogP contribution in [0.4, 0.5) is 0 Å². The molecular formula is C16H16N4. The fourth-order valence-electron chi connectivity index (χ4n) is 2.35. The number of hydrogen-bond acceptors (Lipinski definition) is 3. The van der Waals surface area contributed by atoms with E-state index in [9.17, 15) is 0 Å². The number of rotatable bonds is 3. The minimum Gasteiger partial charge on any atom is -0.367 e. The molecular weight excluding hydrogens is 248 g/mol. The zero-order chi connectivity index (χ0) is 14.1. The molecule has 0 aliphatic carbocycles. The van der Waals surface area contributed by atoms with E-state index in [1.807, 2.05) is 42.1 Å². The second-order valence-electron chi connectivity index (χ2n) is 4.68. The fourth-order valence-corrected chi connectivity index (χ4v) is 2.35. The molecule has 1 unspecified atom stereocenters. The molecule has 0 bridgehead atoms. The number of pyridine rings is 1. The summed E-state index contributed by atoms with van der Waals surface area (Å²) in [6.07, 6.45) is 11.7. The van der Waals surface area contributed by atoms with Gasteiger partial charge in [-0.2, -0.15) is 0 Å². The smallest absolute Gasteiger partial charge is 0.164 e. The fraction of sp³-hybridized carbons (Fsp3) is 0.125. The van der Waals surface area contributed by atoms with Crippen LogP contribution in [0.2, 0.25) is 0 Å². The molecule has 1 aliphatic heterocycles. The lowest BCUT2D eigenvalue weighted by Crippen LogP contribution is -2.22. The summed E-state index contributed by atoms with van der Waals surface area (Å²) in [6, 6.07) is 3.91. The van der Waals surface area contributed by atoms with Gasteiger partial charge in [0.25, 0.3) is 0 Å². The highest BCUT2D eigenvalue weighted by Gasteiger charge is 2.22. The molecule has 0 amide bonds. The Morgan fingerprint density at radius 2 is 2.25 bits per heavy atom. The Morgan fingerprint density at radius 3 is 3.00 bits per heavy atom. The standard InChI is InChI=1S/C16H16N4/c1-4-12(2)20-15-13(8-7-10-17-15)18-16(20)14-9-5-6-11-19(14)3/h4-11,14H,1-2H2,3H3. The molecule has 0 radical (unpaired) electrons. The molecule has 1 aliphatic rings. The summed E-state index contributed by atoms with van der Waals surface area (Å²) in [7, 11) is 2.03. The van der Waals surface area contributed by atoms with Gasteiger partial charge in [-0.25, -0.2) is 9.97 Å². The molecule has 0 saturated carbocycles. The van der Waals surface area contributed by atoms with Crippen molar-refractivity contribution >= 4 is 16.9 Å². The summed E-state index contributed by atoms with van der Waals surface area (Å²) in [5.74, 6) is 0.895. The Balaban J connectivity index is 2.24. The molecule has 20 heavy (non-hydrogen) atoms. The van der Waals surface area contributed by atoms with Crippen molar-refractivity contribution in [3.63, 3.8) is 0 Å². The molecule has 100 valence electrons. The lowest BCUT2D eigenvalue weighted by atomic mass is 10.2. The number of allylic oxidation sites excluding steroid dienone is 4. The van der Waals surface area contributed by atoms with E-state index in [2.05, 4.69) is 29.1 Å². The van der Waals surface area contributed by atoms with Crippen LogP contribution in [0, 0.1) is 0 Å². The zero-order valence-electron chi connectivity index (χ0n) is 11.4. The van der Waals surface area contributed by atoms with Gasteiger partial charge in [-0.05, 0) is 30.5 Å². The maximum Gasteiger partial charge on any atom is 0.164 e. The average Bonchev–Trinajstić information content (AvgIpc) is 2.86. The highest BCUT2D eigenvalue weighted by molar-refractivity contribution is 5.77. The van der Waals surface area contributed by atoms with Crippen molar-refractivity contribution in [2.45, 2.75) is 6.04 Å². The molecule has 0 fully saturated rings. The van der Waals surface area contributed by atoms with Crippen molar-refractivity contribution in [3.05, 3.63) is 67.8 Å². The second kappa shape index (κ2) is 4.81. The van der Waals surface area contributed by atoms with Gasteiger partial charge >= 0.3 is 0 Å². The highest BCUT2D eigenvalue weighted by atomic mass is 15.2. The van der Waals surface area contributed by atoms with E-state index in [1.54, 1.807) is 12.3 Å². The Bertz CT molecular complexity index is 736. The molecule has 4 nitrogen and oxygen atoms in total. The topological polar surface area (TPSA) is 34.0 Å². The molecule has 1 atom stereocenters. The molecule has 0 saturated heterocycles. The van der Waals surface area contributed by atoms with Crippen LogP contribution in [0.15, 0.2) is 62.0 Å². The Morgan fingerprint density at radius 1 is 1.40 bits per heavy atom. The second-order valence-corrected chi connectivity index (χ2v) is 4.68. The predicted molar refractivity (Wildman–Crippen MR) is 81.8 cm³/mol. The summed E-state index contributed by atoms with van der Waals surface area (Å²) in [5, 5.41) is 0. The van der Waals surface area contributed by atoms with Crippen molar-refractivity contribution < 1.29 is 0 Å². The maximum atomic E-state index is 4.72. The maximum absolute atomic E-state index is 4.72. The van der Waals surface area contributed by atoms with Gasteiger partial charge < -0.3 is 4.90 Å². The van der Waals surface area contributed by atoms with Crippen LogP contribution >= 0.6 is 0 Å². The minimum atomic E-state index is 0.0610. The van der Waals surface area contributed by atoms with Gasteiger partial charge in [0.1, 0.15) is 17.4 Å². The van der Waals surface area contributed by atoms with Gasteiger partial charge in [0.05, 0.1) is 0 Å². The molecule has 0 spiro atoms. The van der Waals surface area contributed by atoms with E-state index >= 15 is 0 Å². The van der Waals surface area contributed by atoms with E-state index in [0.717, 1.165) is 22.7 Å². The first kappa shape index (κ1) is 12.4. The molecule has 4 heteroatoms. The molecule has 0 aromatic carbocycles. The summed E-state index contributed by atoms with van der Waals surface area (Å²) < 4.78 is 1.97. The Hall–Kier alpha value is -2.62. The van der Waals surface area contributed by atoms with E-state index < -0.39 is 0 Å². The predicted octanol–water partition coefficient (Wildman–Crippen LogP) is 3.14. The summed E-state index contributed by atoms with van der Waals surface area (Å²) in [5.41, 5.74) is 2.45. The number of hydrogen-bond donors (Lipinski definition) is 0. The molecule has 3 heterocycles. The third-order valence-corrected chi connectivity index (χ3v) is 3.39. The summed E-state index contributed by atoms with van der Waals surface area (Å²) in [6.45, 7) is 7.86. The SMILES string of the molecule is C=CC(=C)n1c(C2C=CC=CN2C)nc2cccnc21. The number of fused-ring (bicyclic) bond motifs is 1. The van der Waals surface area contributed by atoms with Gasteiger partial charge in [0.2, 0.25) is 0 Å². The number of aromatic nitrogens is 3. The van der Waals surface area contributed by atoms with E-state index in [4.69, 9.17) is 4.98 Å². The van der Waals surface area contributed by atoms with Crippen LogP contribution in [0.3, 0.4) is 0 Å². The first-order chi connectivity index (χ1) is 9.72. The molecule has 2 aromatic rings.